The zero-order valence-corrected chi connectivity index (χ0v) is 6.32. The molecular formula is C7H16O3. The van der Waals surface area contributed by atoms with E-state index in [4.69, 9.17) is 15.3 Å². The minimum absolute atomic E-state index is 0.0463. The van der Waals surface area contributed by atoms with Crippen molar-refractivity contribution in [3.05, 3.63) is 0 Å². The summed E-state index contributed by atoms with van der Waals surface area (Å²) in [5.74, 6) is 0.0463. The predicted octanol–water partition coefficient (Wildman–Crippen LogP) is 0.0958. The molecule has 0 aromatic rings. The van der Waals surface area contributed by atoms with Crippen molar-refractivity contribution in [2.24, 2.45) is 5.92 Å². The van der Waals surface area contributed by atoms with E-state index in [1.807, 2.05) is 6.92 Å². The molecule has 0 aromatic carbocycles. The van der Waals surface area contributed by atoms with Gasteiger partial charge in [-0.25, -0.2) is 0 Å². The van der Waals surface area contributed by atoms with E-state index in [1.54, 1.807) is 0 Å². The molecule has 0 aliphatic carbocycles. The Morgan fingerprint density at radius 2 is 1.90 bits per heavy atom. The lowest BCUT2D eigenvalue weighted by molar-refractivity contribution is -0.0612. The second kappa shape index (κ2) is 5.65. The fourth-order valence-corrected chi connectivity index (χ4v) is 0.990. The van der Waals surface area contributed by atoms with Gasteiger partial charge in [0, 0.05) is 13.0 Å². The molecule has 62 valence electrons. The Labute approximate surface area is 61.3 Å². The van der Waals surface area contributed by atoms with Gasteiger partial charge < -0.3 is 15.3 Å². The van der Waals surface area contributed by atoms with Gasteiger partial charge in [0.1, 0.15) is 0 Å². The lowest BCUT2D eigenvalue weighted by Crippen LogP contribution is -2.15. The third-order valence-corrected chi connectivity index (χ3v) is 1.50. The van der Waals surface area contributed by atoms with Gasteiger partial charge >= 0.3 is 0 Å². The molecule has 0 bridgehead atoms. The fourth-order valence-electron chi connectivity index (χ4n) is 0.990. The van der Waals surface area contributed by atoms with Gasteiger partial charge in [0.25, 0.3) is 0 Å². The summed E-state index contributed by atoms with van der Waals surface area (Å²) < 4.78 is 0. The molecule has 0 amide bonds. The minimum atomic E-state index is -1.27. The fraction of sp³-hybridized carbons (Fsp3) is 1.00. The summed E-state index contributed by atoms with van der Waals surface area (Å²) in [5.41, 5.74) is 0. The Balaban J connectivity index is 3.39. The third kappa shape index (κ3) is 4.73. The lowest BCUT2D eigenvalue weighted by atomic mass is 10.0. The zero-order valence-electron chi connectivity index (χ0n) is 6.32. The van der Waals surface area contributed by atoms with E-state index in [9.17, 15) is 0 Å². The van der Waals surface area contributed by atoms with E-state index in [-0.39, 0.29) is 18.9 Å². The molecule has 3 nitrogen and oxygen atoms in total. The number of hydrogen-bond acceptors (Lipinski definition) is 3. The summed E-state index contributed by atoms with van der Waals surface area (Å²) in [5, 5.41) is 25.7. The van der Waals surface area contributed by atoms with Crippen LogP contribution in [0.3, 0.4) is 0 Å². The van der Waals surface area contributed by atoms with Crippen LogP contribution in [0.25, 0.3) is 0 Å². The Hall–Kier alpha value is -0.120. The highest BCUT2D eigenvalue weighted by Gasteiger charge is 2.09. The van der Waals surface area contributed by atoms with Crippen LogP contribution >= 0.6 is 0 Å². The standard InChI is InChI=1S/C7H16O3/c1-2-3-6(5-8)4-7(9)10/h6-10H,2-5H2,1H3. The average Bonchev–Trinajstić information content (AvgIpc) is 1.86. The van der Waals surface area contributed by atoms with Gasteiger partial charge in [-0.3, -0.25) is 0 Å². The van der Waals surface area contributed by atoms with Crippen LogP contribution in [0.1, 0.15) is 26.2 Å². The summed E-state index contributed by atoms with van der Waals surface area (Å²) in [6.45, 7) is 2.05. The van der Waals surface area contributed by atoms with Crippen LogP contribution in [0, 0.1) is 5.92 Å². The molecule has 0 radical (unpaired) electrons. The molecule has 1 atom stereocenters. The van der Waals surface area contributed by atoms with Crippen LogP contribution in [-0.4, -0.2) is 28.2 Å². The average molecular weight is 148 g/mol. The first-order valence-corrected chi connectivity index (χ1v) is 3.67. The van der Waals surface area contributed by atoms with E-state index < -0.39 is 6.29 Å². The maximum Gasteiger partial charge on any atom is 0.151 e. The molecular weight excluding hydrogens is 132 g/mol. The molecule has 0 saturated heterocycles. The molecule has 0 aliphatic rings. The SMILES string of the molecule is CCCC(CO)CC(O)O. The number of aliphatic hydroxyl groups excluding tert-OH is 2. The van der Waals surface area contributed by atoms with Gasteiger partial charge in [-0.2, -0.15) is 0 Å². The third-order valence-electron chi connectivity index (χ3n) is 1.50. The molecule has 0 saturated carbocycles. The smallest absolute Gasteiger partial charge is 0.151 e. The first kappa shape index (κ1) is 9.88. The van der Waals surface area contributed by atoms with Crippen LogP contribution in [0.2, 0.25) is 0 Å². The van der Waals surface area contributed by atoms with E-state index >= 15 is 0 Å². The van der Waals surface area contributed by atoms with Crippen molar-refractivity contribution in [1.29, 1.82) is 0 Å². The molecule has 0 aromatic heterocycles. The van der Waals surface area contributed by atoms with Crippen molar-refractivity contribution in [3.63, 3.8) is 0 Å². The maximum atomic E-state index is 8.68. The molecule has 0 rings (SSSR count). The van der Waals surface area contributed by atoms with Crippen molar-refractivity contribution in [2.45, 2.75) is 32.5 Å². The maximum absolute atomic E-state index is 8.68. The van der Waals surface area contributed by atoms with Crippen LogP contribution in [-0.2, 0) is 0 Å². The van der Waals surface area contributed by atoms with Crippen molar-refractivity contribution >= 4 is 0 Å². The number of rotatable bonds is 5. The van der Waals surface area contributed by atoms with Gasteiger partial charge in [-0.15, -0.1) is 0 Å². The topological polar surface area (TPSA) is 60.7 Å². The monoisotopic (exact) mass is 148 g/mol. The van der Waals surface area contributed by atoms with Gasteiger partial charge in [-0.05, 0) is 12.3 Å². The summed E-state index contributed by atoms with van der Waals surface area (Å²) in [6.07, 6.45) is 0.833. The first-order valence-electron chi connectivity index (χ1n) is 3.67. The Bertz CT molecular complexity index is 73.3. The summed E-state index contributed by atoms with van der Waals surface area (Å²) in [4.78, 5) is 0. The lowest BCUT2D eigenvalue weighted by Gasteiger charge is -2.13. The Morgan fingerprint density at radius 3 is 2.20 bits per heavy atom. The quantitative estimate of drug-likeness (QED) is 0.484. The van der Waals surface area contributed by atoms with Gasteiger partial charge in [0.15, 0.2) is 6.29 Å². The van der Waals surface area contributed by atoms with E-state index in [0.29, 0.717) is 0 Å². The van der Waals surface area contributed by atoms with Gasteiger partial charge in [0.2, 0.25) is 0 Å². The van der Waals surface area contributed by atoms with E-state index in [1.165, 1.54) is 0 Å². The van der Waals surface area contributed by atoms with Crippen LogP contribution in [0.5, 0.6) is 0 Å². The van der Waals surface area contributed by atoms with Crippen LogP contribution in [0.4, 0.5) is 0 Å². The molecule has 0 fully saturated rings. The Morgan fingerprint density at radius 1 is 1.30 bits per heavy atom. The normalized spacial score (nSPS) is 14.1. The molecule has 0 spiro atoms. The van der Waals surface area contributed by atoms with Crippen molar-refractivity contribution in [2.75, 3.05) is 6.61 Å². The molecule has 10 heavy (non-hydrogen) atoms. The Kier molecular flexibility index (Phi) is 5.58. The molecule has 0 heterocycles. The highest BCUT2D eigenvalue weighted by molar-refractivity contribution is 4.57. The molecule has 0 aliphatic heterocycles. The van der Waals surface area contributed by atoms with Crippen LogP contribution < -0.4 is 0 Å². The highest BCUT2D eigenvalue weighted by atomic mass is 16.5. The first-order chi connectivity index (χ1) is 4.70. The largest absolute Gasteiger partial charge is 0.396 e. The molecule has 3 N–H and O–H groups in total. The van der Waals surface area contributed by atoms with Crippen molar-refractivity contribution in [3.8, 4) is 0 Å². The predicted molar refractivity (Wildman–Crippen MR) is 38.3 cm³/mol. The second-order valence-corrected chi connectivity index (χ2v) is 2.55. The van der Waals surface area contributed by atoms with E-state index in [0.717, 1.165) is 12.8 Å². The van der Waals surface area contributed by atoms with Crippen LogP contribution in [0.15, 0.2) is 0 Å². The summed E-state index contributed by atoms with van der Waals surface area (Å²) in [7, 11) is 0. The van der Waals surface area contributed by atoms with Gasteiger partial charge in [-0.1, -0.05) is 13.3 Å². The second-order valence-electron chi connectivity index (χ2n) is 2.55. The molecule has 1 unspecified atom stereocenters. The van der Waals surface area contributed by atoms with Crippen molar-refractivity contribution < 1.29 is 15.3 Å². The number of aliphatic hydroxyl groups is 3. The summed E-state index contributed by atoms with van der Waals surface area (Å²) >= 11 is 0. The minimum Gasteiger partial charge on any atom is -0.396 e. The number of hydrogen-bond donors (Lipinski definition) is 3. The summed E-state index contributed by atoms with van der Waals surface area (Å²) in [6, 6.07) is 0. The van der Waals surface area contributed by atoms with Crippen molar-refractivity contribution in [1.82, 2.24) is 0 Å². The highest BCUT2D eigenvalue weighted by Crippen LogP contribution is 2.11. The van der Waals surface area contributed by atoms with Gasteiger partial charge in [0.05, 0.1) is 0 Å². The van der Waals surface area contributed by atoms with E-state index in [2.05, 4.69) is 0 Å². The molecule has 3 heteroatoms. The zero-order chi connectivity index (χ0) is 7.98.